The van der Waals surface area contributed by atoms with Crippen LogP contribution in [0.3, 0.4) is 0 Å². The lowest BCUT2D eigenvalue weighted by Gasteiger charge is -2.49. The van der Waals surface area contributed by atoms with Gasteiger partial charge in [-0.05, 0) is 38.0 Å². The van der Waals surface area contributed by atoms with E-state index in [-0.39, 0.29) is 29.7 Å². The summed E-state index contributed by atoms with van der Waals surface area (Å²) in [6.45, 7) is 7.85. The molecule has 4 heteroatoms. The summed E-state index contributed by atoms with van der Waals surface area (Å²) in [7, 11) is 0. The normalized spacial score (nSPS) is 31.0. The van der Waals surface area contributed by atoms with Gasteiger partial charge in [0.1, 0.15) is 11.6 Å². The molecule has 4 nitrogen and oxygen atoms in total. The van der Waals surface area contributed by atoms with Gasteiger partial charge in [0.2, 0.25) is 11.8 Å². The average Bonchev–Trinajstić information content (AvgIpc) is 3.24. The number of nitrogens with one attached hydrogen (secondary N) is 1. The number of nitrogens with zero attached hydrogens (tertiary/aromatic N) is 1. The first kappa shape index (κ1) is 15.9. The molecule has 116 valence electrons. The van der Waals surface area contributed by atoms with Gasteiger partial charge in [-0.25, -0.2) is 0 Å². The van der Waals surface area contributed by atoms with Gasteiger partial charge in [0.15, 0.2) is 0 Å². The molecule has 21 heavy (non-hydrogen) atoms. The van der Waals surface area contributed by atoms with Crippen molar-refractivity contribution in [3.05, 3.63) is 0 Å². The van der Waals surface area contributed by atoms with Gasteiger partial charge >= 0.3 is 0 Å². The Morgan fingerprint density at radius 1 is 1.43 bits per heavy atom. The monoisotopic (exact) mass is 290 g/mol. The number of carbonyl (C=O) groups excluding carboxylic acids is 2. The number of piperazine rings is 1. The van der Waals surface area contributed by atoms with E-state index in [2.05, 4.69) is 11.2 Å². The van der Waals surface area contributed by atoms with Crippen molar-refractivity contribution in [3.63, 3.8) is 0 Å². The van der Waals surface area contributed by atoms with Crippen molar-refractivity contribution in [1.29, 1.82) is 0 Å². The molecule has 3 atom stereocenters. The van der Waals surface area contributed by atoms with E-state index in [0.29, 0.717) is 6.42 Å². The Kier molecular flexibility index (Phi) is 4.32. The highest BCUT2D eigenvalue weighted by Crippen LogP contribution is 2.43. The van der Waals surface area contributed by atoms with Crippen molar-refractivity contribution in [1.82, 2.24) is 10.2 Å². The van der Waals surface area contributed by atoms with E-state index in [1.807, 2.05) is 27.7 Å². The Bertz CT molecular complexity index is 476. The molecule has 2 amide bonds. The summed E-state index contributed by atoms with van der Waals surface area (Å²) in [4.78, 5) is 27.5. The number of amides is 2. The number of terminal acetylenes is 1. The second-order valence-electron chi connectivity index (χ2n) is 6.84. The minimum absolute atomic E-state index is 0.0329. The van der Waals surface area contributed by atoms with Gasteiger partial charge in [-0.3, -0.25) is 9.59 Å². The molecule has 1 heterocycles. The van der Waals surface area contributed by atoms with Gasteiger partial charge in [-0.15, -0.1) is 12.3 Å². The van der Waals surface area contributed by atoms with E-state index < -0.39 is 11.6 Å². The molecular weight excluding hydrogens is 264 g/mol. The Morgan fingerprint density at radius 3 is 2.48 bits per heavy atom. The van der Waals surface area contributed by atoms with Gasteiger partial charge < -0.3 is 10.2 Å². The van der Waals surface area contributed by atoms with E-state index >= 15 is 0 Å². The summed E-state index contributed by atoms with van der Waals surface area (Å²) in [5, 5.41) is 3.01. The zero-order chi connectivity index (χ0) is 15.8. The molecule has 0 radical (unpaired) electrons. The van der Waals surface area contributed by atoms with Crippen LogP contribution in [0.25, 0.3) is 0 Å². The predicted molar refractivity (Wildman–Crippen MR) is 82.3 cm³/mol. The summed E-state index contributed by atoms with van der Waals surface area (Å²) < 4.78 is 0. The topological polar surface area (TPSA) is 49.4 Å². The van der Waals surface area contributed by atoms with Crippen LogP contribution in [-0.4, -0.2) is 34.3 Å². The van der Waals surface area contributed by atoms with E-state index in [1.165, 1.54) is 0 Å². The zero-order valence-corrected chi connectivity index (χ0v) is 13.5. The maximum atomic E-state index is 13.1. The molecule has 0 bridgehead atoms. The molecule has 2 aliphatic rings. The fourth-order valence-corrected chi connectivity index (χ4v) is 3.43. The fraction of sp³-hybridized carbons (Fsp3) is 0.765. The van der Waals surface area contributed by atoms with Crippen molar-refractivity contribution in [2.45, 2.75) is 71.0 Å². The molecule has 1 saturated carbocycles. The molecule has 1 aliphatic heterocycles. The Hall–Kier alpha value is -1.50. The molecule has 0 aromatic rings. The fourth-order valence-electron chi connectivity index (χ4n) is 3.43. The number of hydrogen-bond donors (Lipinski definition) is 1. The summed E-state index contributed by atoms with van der Waals surface area (Å²) in [6, 6.07) is -0.471. The molecular formula is C17H26N2O2. The zero-order valence-electron chi connectivity index (χ0n) is 13.5. The van der Waals surface area contributed by atoms with Crippen molar-refractivity contribution in [3.8, 4) is 12.3 Å². The first-order chi connectivity index (χ1) is 9.86. The molecule has 0 aromatic heterocycles. The lowest BCUT2D eigenvalue weighted by atomic mass is 9.85. The molecule has 2 rings (SSSR count). The molecule has 1 N–H and O–H groups in total. The quantitative estimate of drug-likeness (QED) is 0.787. The van der Waals surface area contributed by atoms with Crippen LogP contribution in [-0.2, 0) is 9.59 Å². The van der Waals surface area contributed by atoms with Gasteiger partial charge in [0, 0.05) is 12.5 Å². The minimum atomic E-state index is -0.746. The minimum Gasteiger partial charge on any atom is -0.340 e. The first-order valence-corrected chi connectivity index (χ1v) is 7.95. The van der Waals surface area contributed by atoms with Gasteiger partial charge in [0.05, 0.1) is 0 Å². The summed E-state index contributed by atoms with van der Waals surface area (Å²) in [5.41, 5.74) is -0.746. The number of hydrogen-bond acceptors (Lipinski definition) is 2. The second-order valence-corrected chi connectivity index (χ2v) is 6.84. The van der Waals surface area contributed by atoms with Crippen LogP contribution in [0.15, 0.2) is 0 Å². The van der Waals surface area contributed by atoms with Crippen LogP contribution in [0, 0.1) is 24.2 Å². The largest absolute Gasteiger partial charge is 0.340 e. The van der Waals surface area contributed by atoms with E-state index in [4.69, 9.17) is 6.42 Å². The smallest absolute Gasteiger partial charge is 0.249 e. The van der Waals surface area contributed by atoms with Crippen molar-refractivity contribution in [2.24, 2.45) is 11.8 Å². The SMILES string of the molecule is C#CCC(CC)N1C(=O)C(C)(C2CC2)NC(=O)C1C(C)C. The lowest BCUT2D eigenvalue weighted by molar-refractivity contribution is -0.160. The predicted octanol–water partition coefficient (Wildman–Crippen LogP) is 1.94. The van der Waals surface area contributed by atoms with Crippen LogP contribution >= 0.6 is 0 Å². The van der Waals surface area contributed by atoms with Crippen molar-refractivity contribution >= 4 is 11.8 Å². The number of rotatable bonds is 5. The third-order valence-electron chi connectivity index (χ3n) is 4.87. The van der Waals surface area contributed by atoms with Gasteiger partial charge in [0.25, 0.3) is 0 Å². The summed E-state index contributed by atoms with van der Waals surface area (Å²) in [5.74, 6) is 3.02. The van der Waals surface area contributed by atoms with Crippen LogP contribution in [0.2, 0.25) is 0 Å². The summed E-state index contributed by atoms with van der Waals surface area (Å²) >= 11 is 0. The lowest BCUT2D eigenvalue weighted by Crippen LogP contribution is -2.72. The van der Waals surface area contributed by atoms with Crippen LogP contribution in [0.5, 0.6) is 0 Å². The van der Waals surface area contributed by atoms with E-state index in [1.54, 1.807) is 4.90 Å². The maximum Gasteiger partial charge on any atom is 0.249 e. The van der Waals surface area contributed by atoms with Crippen LogP contribution in [0.4, 0.5) is 0 Å². The first-order valence-electron chi connectivity index (χ1n) is 7.95. The Morgan fingerprint density at radius 2 is 2.05 bits per heavy atom. The standard InChI is InChI=1S/C17H26N2O2/c1-6-8-13(7-2)19-14(11(3)4)15(20)18-17(5,16(19)21)12-9-10-12/h1,11-14H,7-10H2,2-5H3,(H,18,20). The average molecular weight is 290 g/mol. The van der Waals surface area contributed by atoms with Gasteiger partial charge in [-0.2, -0.15) is 0 Å². The maximum absolute atomic E-state index is 13.1. The summed E-state index contributed by atoms with van der Waals surface area (Å²) in [6.07, 6.45) is 8.75. The number of carbonyl (C=O) groups is 2. The molecule has 1 aliphatic carbocycles. The van der Waals surface area contributed by atoms with Crippen LogP contribution in [0.1, 0.15) is 53.4 Å². The van der Waals surface area contributed by atoms with Crippen LogP contribution < -0.4 is 5.32 Å². The van der Waals surface area contributed by atoms with E-state index in [9.17, 15) is 9.59 Å². The molecule has 0 spiro atoms. The third-order valence-corrected chi connectivity index (χ3v) is 4.87. The Labute approximate surface area is 127 Å². The third kappa shape index (κ3) is 2.66. The highest BCUT2D eigenvalue weighted by molar-refractivity contribution is 6.00. The highest BCUT2D eigenvalue weighted by Gasteiger charge is 2.56. The molecule has 0 aromatic carbocycles. The molecule has 1 saturated heterocycles. The van der Waals surface area contributed by atoms with Crippen molar-refractivity contribution < 1.29 is 9.59 Å². The van der Waals surface area contributed by atoms with Gasteiger partial charge in [-0.1, -0.05) is 20.8 Å². The Balaban J connectivity index is 2.39. The highest BCUT2D eigenvalue weighted by atomic mass is 16.2. The molecule has 3 unspecified atom stereocenters. The van der Waals surface area contributed by atoms with Crippen molar-refractivity contribution in [2.75, 3.05) is 0 Å². The molecule has 2 fully saturated rings. The van der Waals surface area contributed by atoms with E-state index in [0.717, 1.165) is 19.3 Å². The second kappa shape index (κ2) is 5.71.